The van der Waals surface area contributed by atoms with E-state index in [1.165, 1.54) is 0 Å². The van der Waals surface area contributed by atoms with Crippen molar-refractivity contribution in [3.63, 3.8) is 0 Å². The quantitative estimate of drug-likeness (QED) is 0.877. The van der Waals surface area contributed by atoms with Gasteiger partial charge in [0.05, 0.1) is 0 Å². The van der Waals surface area contributed by atoms with E-state index in [1.807, 2.05) is 6.92 Å². The molecule has 8 nitrogen and oxygen atoms in total. The summed E-state index contributed by atoms with van der Waals surface area (Å²) in [7, 11) is 0. The summed E-state index contributed by atoms with van der Waals surface area (Å²) in [5, 5.41) is 5.68. The first-order valence-corrected chi connectivity index (χ1v) is 8.07. The Labute approximate surface area is 145 Å². The summed E-state index contributed by atoms with van der Waals surface area (Å²) in [5.41, 5.74) is 1.40. The lowest BCUT2D eigenvalue weighted by Gasteiger charge is -2.39. The zero-order valence-electron chi connectivity index (χ0n) is 13.9. The molecular formula is C17H20N6O2. The van der Waals surface area contributed by atoms with Gasteiger partial charge < -0.3 is 20.4 Å². The highest BCUT2D eigenvalue weighted by Crippen LogP contribution is 2.14. The number of anilines is 2. The van der Waals surface area contributed by atoms with Crippen LogP contribution < -0.4 is 10.6 Å². The van der Waals surface area contributed by atoms with E-state index in [-0.39, 0.29) is 18.1 Å². The predicted molar refractivity (Wildman–Crippen MR) is 94.3 cm³/mol. The Bertz CT molecular complexity index is 724. The molecule has 0 aromatic carbocycles. The summed E-state index contributed by atoms with van der Waals surface area (Å²) in [4.78, 5) is 36.1. The molecule has 1 aliphatic rings. The zero-order chi connectivity index (χ0) is 17.6. The molecular weight excluding hydrogens is 320 g/mol. The molecule has 1 aliphatic heterocycles. The van der Waals surface area contributed by atoms with Gasteiger partial charge in [-0.15, -0.1) is 0 Å². The van der Waals surface area contributed by atoms with Crippen molar-refractivity contribution in [3.05, 3.63) is 49.1 Å². The number of pyridine rings is 2. The van der Waals surface area contributed by atoms with Gasteiger partial charge in [0.1, 0.15) is 0 Å². The number of urea groups is 2. The summed E-state index contributed by atoms with van der Waals surface area (Å²) in [5.74, 6) is 0. The van der Waals surface area contributed by atoms with Gasteiger partial charge in [0.25, 0.3) is 0 Å². The van der Waals surface area contributed by atoms with E-state index in [1.54, 1.807) is 58.9 Å². The Morgan fingerprint density at radius 3 is 1.96 bits per heavy atom. The maximum Gasteiger partial charge on any atom is 0.322 e. The van der Waals surface area contributed by atoms with Gasteiger partial charge in [-0.25, -0.2) is 9.59 Å². The van der Waals surface area contributed by atoms with Crippen molar-refractivity contribution in [3.8, 4) is 0 Å². The van der Waals surface area contributed by atoms with Crippen LogP contribution in [0.2, 0.25) is 0 Å². The topological polar surface area (TPSA) is 90.5 Å². The van der Waals surface area contributed by atoms with E-state index in [4.69, 9.17) is 0 Å². The van der Waals surface area contributed by atoms with Crippen LogP contribution in [0.15, 0.2) is 49.1 Å². The van der Waals surface area contributed by atoms with Crippen molar-refractivity contribution in [1.82, 2.24) is 19.8 Å². The molecule has 0 spiro atoms. The van der Waals surface area contributed by atoms with Gasteiger partial charge in [-0.3, -0.25) is 9.97 Å². The minimum Gasteiger partial charge on any atom is -0.321 e. The van der Waals surface area contributed by atoms with E-state index in [0.29, 0.717) is 31.0 Å². The van der Waals surface area contributed by atoms with Crippen molar-refractivity contribution >= 4 is 23.4 Å². The molecule has 0 radical (unpaired) electrons. The van der Waals surface area contributed by atoms with Crippen LogP contribution in [0.1, 0.15) is 6.92 Å². The molecule has 2 N–H and O–H groups in total. The molecule has 4 amide bonds. The molecule has 130 valence electrons. The van der Waals surface area contributed by atoms with Crippen LogP contribution in [0, 0.1) is 0 Å². The maximum atomic E-state index is 12.4. The van der Waals surface area contributed by atoms with Gasteiger partial charge in [0, 0.05) is 61.8 Å². The molecule has 0 aliphatic carbocycles. The standard InChI is InChI=1S/C17H20N6O2/c1-13-12-22(16(24)20-14-2-6-18-7-3-14)10-11-23(13)17(25)21-15-4-8-19-9-5-15/h2-9,13H,10-12H2,1H3,(H,18,20,24)(H,19,21,25)/t13-/m0/s1. The second kappa shape index (κ2) is 7.61. The van der Waals surface area contributed by atoms with E-state index in [9.17, 15) is 9.59 Å². The molecule has 1 saturated heterocycles. The maximum absolute atomic E-state index is 12.4. The van der Waals surface area contributed by atoms with Crippen LogP contribution in [0.3, 0.4) is 0 Å². The molecule has 8 heteroatoms. The first-order chi connectivity index (χ1) is 12.1. The summed E-state index contributed by atoms with van der Waals surface area (Å²) in [6.07, 6.45) is 6.50. The number of carbonyl (C=O) groups excluding carboxylic acids is 2. The normalized spacial score (nSPS) is 17.1. The molecule has 0 bridgehead atoms. The van der Waals surface area contributed by atoms with Gasteiger partial charge in [-0.05, 0) is 31.2 Å². The summed E-state index contributed by atoms with van der Waals surface area (Å²) < 4.78 is 0. The third-order valence-corrected chi connectivity index (χ3v) is 4.04. The van der Waals surface area contributed by atoms with E-state index in [0.717, 1.165) is 0 Å². The number of carbonyl (C=O) groups is 2. The molecule has 25 heavy (non-hydrogen) atoms. The molecule has 1 fully saturated rings. The Balaban J connectivity index is 1.55. The number of nitrogens with one attached hydrogen (secondary N) is 2. The lowest BCUT2D eigenvalue weighted by atomic mass is 10.2. The van der Waals surface area contributed by atoms with Crippen molar-refractivity contribution in [2.75, 3.05) is 30.3 Å². The second-order valence-corrected chi connectivity index (χ2v) is 5.82. The number of piperazine rings is 1. The summed E-state index contributed by atoms with van der Waals surface area (Å²) in [6.45, 7) is 3.35. The minimum atomic E-state index is -0.174. The van der Waals surface area contributed by atoms with Gasteiger partial charge >= 0.3 is 12.1 Å². The Morgan fingerprint density at radius 2 is 1.44 bits per heavy atom. The van der Waals surface area contributed by atoms with Gasteiger partial charge in [0.15, 0.2) is 0 Å². The molecule has 0 unspecified atom stereocenters. The molecule has 2 aromatic heterocycles. The largest absolute Gasteiger partial charge is 0.322 e. The van der Waals surface area contributed by atoms with Crippen molar-refractivity contribution in [2.24, 2.45) is 0 Å². The third-order valence-electron chi connectivity index (χ3n) is 4.04. The third kappa shape index (κ3) is 4.23. The van der Waals surface area contributed by atoms with Crippen LogP contribution in [0.5, 0.6) is 0 Å². The summed E-state index contributed by atoms with van der Waals surface area (Å²) in [6, 6.07) is 6.51. The van der Waals surface area contributed by atoms with Crippen molar-refractivity contribution in [1.29, 1.82) is 0 Å². The minimum absolute atomic E-state index is 0.0845. The number of rotatable bonds is 2. The average Bonchev–Trinajstić information content (AvgIpc) is 2.63. The fraction of sp³-hybridized carbons (Fsp3) is 0.294. The Kier molecular flexibility index (Phi) is 5.08. The van der Waals surface area contributed by atoms with Crippen molar-refractivity contribution in [2.45, 2.75) is 13.0 Å². The fourth-order valence-electron chi connectivity index (χ4n) is 2.71. The van der Waals surface area contributed by atoms with E-state index in [2.05, 4.69) is 20.6 Å². The van der Waals surface area contributed by atoms with Crippen LogP contribution in [-0.4, -0.2) is 57.5 Å². The SMILES string of the molecule is C[C@H]1CN(C(=O)Nc2ccncc2)CCN1C(=O)Nc1ccncc1. The Morgan fingerprint density at radius 1 is 0.920 bits per heavy atom. The number of hydrogen-bond donors (Lipinski definition) is 2. The highest BCUT2D eigenvalue weighted by molar-refractivity contribution is 5.91. The molecule has 1 atom stereocenters. The number of aromatic nitrogens is 2. The van der Waals surface area contributed by atoms with Gasteiger partial charge in [-0.2, -0.15) is 0 Å². The molecule has 0 saturated carbocycles. The average molecular weight is 340 g/mol. The van der Waals surface area contributed by atoms with Crippen LogP contribution in [0.4, 0.5) is 21.0 Å². The number of amides is 4. The van der Waals surface area contributed by atoms with Crippen LogP contribution in [-0.2, 0) is 0 Å². The van der Waals surface area contributed by atoms with E-state index >= 15 is 0 Å². The van der Waals surface area contributed by atoms with Crippen molar-refractivity contribution < 1.29 is 9.59 Å². The van der Waals surface area contributed by atoms with Crippen LogP contribution in [0.25, 0.3) is 0 Å². The first-order valence-electron chi connectivity index (χ1n) is 8.07. The number of hydrogen-bond acceptors (Lipinski definition) is 4. The number of nitrogens with zero attached hydrogens (tertiary/aromatic N) is 4. The predicted octanol–water partition coefficient (Wildman–Crippen LogP) is 2.25. The highest BCUT2D eigenvalue weighted by atomic mass is 16.2. The fourth-order valence-corrected chi connectivity index (χ4v) is 2.71. The van der Waals surface area contributed by atoms with Crippen LogP contribution >= 0.6 is 0 Å². The smallest absolute Gasteiger partial charge is 0.321 e. The Hall–Kier alpha value is -3.16. The zero-order valence-corrected chi connectivity index (χ0v) is 13.9. The molecule has 3 rings (SSSR count). The second-order valence-electron chi connectivity index (χ2n) is 5.82. The first kappa shape index (κ1) is 16.7. The van der Waals surface area contributed by atoms with E-state index < -0.39 is 0 Å². The lowest BCUT2D eigenvalue weighted by Crippen LogP contribution is -2.57. The molecule has 2 aromatic rings. The molecule has 3 heterocycles. The monoisotopic (exact) mass is 340 g/mol. The van der Waals surface area contributed by atoms with Gasteiger partial charge in [0.2, 0.25) is 0 Å². The lowest BCUT2D eigenvalue weighted by molar-refractivity contribution is 0.124. The van der Waals surface area contributed by atoms with Gasteiger partial charge in [-0.1, -0.05) is 0 Å². The highest BCUT2D eigenvalue weighted by Gasteiger charge is 2.29. The summed E-state index contributed by atoms with van der Waals surface area (Å²) >= 11 is 0.